The molecule has 4 heteroatoms. The number of ether oxygens (including phenoxy) is 2. The number of rotatable bonds is 12. The fraction of sp³-hybridized carbons (Fsp3) is 0.750. The van der Waals surface area contributed by atoms with Crippen LogP contribution >= 0.6 is 0 Å². The van der Waals surface area contributed by atoms with Crippen molar-refractivity contribution in [2.45, 2.75) is 65.2 Å². The Morgan fingerprint density at radius 1 is 0.900 bits per heavy atom. The van der Waals surface area contributed by atoms with E-state index in [4.69, 9.17) is 9.47 Å². The maximum Gasteiger partial charge on any atom is 0.333 e. The second-order valence-corrected chi connectivity index (χ2v) is 5.01. The van der Waals surface area contributed by atoms with E-state index in [0.717, 1.165) is 32.1 Å². The molecule has 0 amide bonds. The van der Waals surface area contributed by atoms with Crippen molar-refractivity contribution in [3.8, 4) is 0 Å². The van der Waals surface area contributed by atoms with Crippen LogP contribution in [-0.2, 0) is 19.1 Å². The summed E-state index contributed by atoms with van der Waals surface area (Å²) in [5.41, 5.74) is 0.414. The van der Waals surface area contributed by atoms with E-state index in [9.17, 15) is 9.59 Å². The smallest absolute Gasteiger partial charge is 0.333 e. The molecule has 4 nitrogen and oxygen atoms in total. The summed E-state index contributed by atoms with van der Waals surface area (Å²) in [5, 5.41) is 0. The molecule has 0 aliphatic heterocycles. The highest BCUT2D eigenvalue weighted by Gasteiger charge is 2.04. The lowest BCUT2D eigenvalue weighted by Crippen LogP contribution is -2.07. The molecular formula is C16H28O4. The molecule has 0 unspecified atom stereocenters. The minimum absolute atomic E-state index is 0.125. The Morgan fingerprint density at radius 3 is 2.10 bits per heavy atom. The highest BCUT2D eigenvalue weighted by Crippen LogP contribution is 2.04. The first-order valence-electron chi connectivity index (χ1n) is 7.56. The van der Waals surface area contributed by atoms with E-state index < -0.39 is 0 Å². The number of hydrogen-bond donors (Lipinski definition) is 0. The Bertz CT molecular complexity index is 297. The second-order valence-electron chi connectivity index (χ2n) is 5.01. The molecule has 0 aromatic carbocycles. The zero-order chi connectivity index (χ0) is 15.2. The molecule has 0 radical (unpaired) electrons. The van der Waals surface area contributed by atoms with Gasteiger partial charge in [-0.15, -0.1) is 0 Å². The largest absolute Gasteiger partial charge is 0.466 e. The molecule has 0 N–H and O–H groups in total. The average molecular weight is 284 g/mol. The Balaban J connectivity index is 3.31. The predicted molar refractivity (Wildman–Crippen MR) is 79.3 cm³/mol. The topological polar surface area (TPSA) is 52.6 Å². The van der Waals surface area contributed by atoms with Gasteiger partial charge in [-0.05, 0) is 32.6 Å². The van der Waals surface area contributed by atoms with Crippen LogP contribution in [0.25, 0.3) is 0 Å². The summed E-state index contributed by atoms with van der Waals surface area (Å²) in [6.07, 6.45) is 7.30. The second kappa shape index (κ2) is 12.7. The van der Waals surface area contributed by atoms with E-state index in [1.807, 2.05) is 0 Å². The number of carbonyl (C=O) groups is 2. The zero-order valence-corrected chi connectivity index (χ0v) is 12.9. The van der Waals surface area contributed by atoms with E-state index in [-0.39, 0.29) is 11.9 Å². The number of esters is 2. The fourth-order valence-electron chi connectivity index (χ4n) is 1.62. The summed E-state index contributed by atoms with van der Waals surface area (Å²) >= 11 is 0. The van der Waals surface area contributed by atoms with Crippen molar-refractivity contribution in [3.05, 3.63) is 12.2 Å². The van der Waals surface area contributed by atoms with Crippen LogP contribution < -0.4 is 0 Å². The summed E-state index contributed by atoms with van der Waals surface area (Å²) < 4.78 is 10.1. The summed E-state index contributed by atoms with van der Waals surface area (Å²) in [6.45, 7) is 8.20. The van der Waals surface area contributed by atoms with Gasteiger partial charge in [-0.3, -0.25) is 4.79 Å². The monoisotopic (exact) mass is 284 g/mol. The molecule has 0 heterocycles. The normalized spacial score (nSPS) is 10.1. The quantitative estimate of drug-likeness (QED) is 0.311. The van der Waals surface area contributed by atoms with Crippen molar-refractivity contribution < 1.29 is 19.1 Å². The maximum atomic E-state index is 11.4. The van der Waals surface area contributed by atoms with Crippen molar-refractivity contribution in [2.75, 3.05) is 13.2 Å². The van der Waals surface area contributed by atoms with Crippen LogP contribution in [0.2, 0.25) is 0 Å². The molecule has 0 aliphatic rings. The minimum atomic E-state index is -0.350. The standard InChI is InChI=1S/C16H28O4/c1-4-5-6-9-12-19-15(17)11-8-7-10-13-20-16(18)14(2)3/h2,4-13H2,1,3H3. The van der Waals surface area contributed by atoms with Gasteiger partial charge in [0.25, 0.3) is 0 Å². The molecule has 0 bridgehead atoms. The van der Waals surface area contributed by atoms with Gasteiger partial charge in [0, 0.05) is 12.0 Å². The molecule has 116 valence electrons. The maximum absolute atomic E-state index is 11.4. The van der Waals surface area contributed by atoms with Crippen LogP contribution in [0, 0.1) is 0 Å². The van der Waals surface area contributed by atoms with Crippen LogP contribution in [0.1, 0.15) is 65.2 Å². The molecule has 0 saturated heterocycles. The van der Waals surface area contributed by atoms with Crippen molar-refractivity contribution in [1.82, 2.24) is 0 Å². The summed E-state index contributed by atoms with van der Waals surface area (Å²) in [6, 6.07) is 0. The van der Waals surface area contributed by atoms with Gasteiger partial charge < -0.3 is 9.47 Å². The average Bonchev–Trinajstić information content (AvgIpc) is 2.42. The summed E-state index contributed by atoms with van der Waals surface area (Å²) in [5.74, 6) is -0.475. The van der Waals surface area contributed by atoms with E-state index >= 15 is 0 Å². The fourth-order valence-corrected chi connectivity index (χ4v) is 1.62. The van der Waals surface area contributed by atoms with E-state index in [2.05, 4.69) is 13.5 Å². The lowest BCUT2D eigenvalue weighted by Gasteiger charge is -2.05. The molecule has 0 fully saturated rings. The molecule has 0 aliphatic carbocycles. The SMILES string of the molecule is C=C(C)C(=O)OCCCCCC(=O)OCCCCCC. The van der Waals surface area contributed by atoms with Crippen LogP contribution in [0.15, 0.2) is 12.2 Å². The van der Waals surface area contributed by atoms with Gasteiger partial charge in [-0.1, -0.05) is 32.8 Å². The molecule has 20 heavy (non-hydrogen) atoms. The Labute approximate surface area is 122 Å². The van der Waals surface area contributed by atoms with Gasteiger partial charge in [-0.25, -0.2) is 4.79 Å². The van der Waals surface area contributed by atoms with Gasteiger partial charge in [0.05, 0.1) is 13.2 Å². The third-order valence-corrected chi connectivity index (χ3v) is 2.87. The highest BCUT2D eigenvalue weighted by atomic mass is 16.5. The number of carbonyl (C=O) groups excluding carboxylic acids is 2. The number of unbranched alkanes of at least 4 members (excludes halogenated alkanes) is 5. The minimum Gasteiger partial charge on any atom is -0.466 e. The first-order chi connectivity index (χ1) is 9.57. The van der Waals surface area contributed by atoms with Gasteiger partial charge in [0.2, 0.25) is 0 Å². The van der Waals surface area contributed by atoms with Gasteiger partial charge in [-0.2, -0.15) is 0 Å². The van der Waals surface area contributed by atoms with Gasteiger partial charge in [0.1, 0.15) is 0 Å². The third kappa shape index (κ3) is 11.8. The van der Waals surface area contributed by atoms with Crippen LogP contribution in [0.5, 0.6) is 0 Å². The molecule has 0 rings (SSSR count). The molecule has 0 atom stereocenters. The summed E-state index contributed by atoms with van der Waals surface area (Å²) in [7, 11) is 0. The third-order valence-electron chi connectivity index (χ3n) is 2.87. The lowest BCUT2D eigenvalue weighted by molar-refractivity contribution is -0.144. The first kappa shape index (κ1) is 18.7. The predicted octanol–water partition coefficient (Wildman–Crippen LogP) is 3.79. The van der Waals surface area contributed by atoms with Crippen molar-refractivity contribution in [2.24, 2.45) is 0 Å². The van der Waals surface area contributed by atoms with Crippen LogP contribution in [-0.4, -0.2) is 25.2 Å². The Hall–Kier alpha value is -1.32. The van der Waals surface area contributed by atoms with Gasteiger partial charge in [0.15, 0.2) is 0 Å². The van der Waals surface area contributed by atoms with Crippen molar-refractivity contribution in [3.63, 3.8) is 0 Å². The Morgan fingerprint density at radius 2 is 1.50 bits per heavy atom. The Kier molecular flexibility index (Phi) is 11.9. The zero-order valence-electron chi connectivity index (χ0n) is 12.9. The molecule has 0 spiro atoms. The first-order valence-corrected chi connectivity index (χ1v) is 7.56. The van der Waals surface area contributed by atoms with E-state index in [1.54, 1.807) is 6.92 Å². The van der Waals surface area contributed by atoms with Crippen LogP contribution in [0.4, 0.5) is 0 Å². The summed E-state index contributed by atoms with van der Waals surface area (Å²) in [4.78, 5) is 22.5. The molecular weight excluding hydrogens is 256 g/mol. The number of hydrogen-bond acceptors (Lipinski definition) is 4. The van der Waals surface area contributed by atoms with Crippen molar-refractivity contribution >= 4 is 11.9 Å². The van der Waals surface area contributed by atoms with E-state index in [0.29, 0.717) is 25.2 Å². The highest BCUT2D eigenvalue weighted by molar-refractivity contribution is 5.86. The molecule has 0 aromatic heterocycles. The van der Waals surface area contributed by atoms with Gasteiger partial charge >= 0.3 is 11.9 Å². The lowest BCUT2D eigenvalue weighted by atomic mass is 10.2. The van der Waals surface area contributed by atoms with E-state index in [1.165, 1.54) is 12.8 Å². The molecule has 0 saturated carbocycles. The molecule has 0 aromatic rings. The van der Waals surface area contributed by atoms with Crippen LogP contribution in [0.3, 0.4) is 0 Å². The van der Waals surface area contributed by atoms with Crippen molar-refractivity contribution in [1.29, 1.82) is 0 Å².